The standard InChI is InChI=1S/C20H24N2O5S/c1-13-5-10-18-17(11-13)22(28(4,24)25)12-19(27-18)20(23)21-14(2)15-6-8-16(26-3)9-7-15/h5-11,14,19H,12H2,1-4H3,(H,21,23). The molecule has 1 amide bonds. The summed E-state index contributed by atoms with van der Waals surface area (Å²) in [6.45, 7) is 3.65. The first-order valence-corrected chi connectivity index (χ1v) is 10.7. The predicted octanol–water partition coefficient (Wildman–Crippen LogP) is 2.41. The highest BCUT2D eigenvalue weighted by molar-refractivity contribution is 7.92. The van der Waals surface area contributed by atoms with E-state index in [2.05, 4.69) is 5.32 Å². The quantitative estimate of drug-likeness (QED) is 0.827. The number of amides is 1. The molecule has 8 heteroatoms. The Morgan fingerprint density at radius 1 is 1.25 bits per heavy atom. The van der Waals surface area contributed by atoms with Crippen LogP contribution >= 0.6 is 0 Å². The highest BCUT2D eigenvalue weighted by atomic mass is 32.2. The lowest BCUT2D eigenvalue weighted by molar-refractivity contribution is -0.128. The molecule has 1 aliphatic heterocycles. The molecule has 1 N–H and O–H groups in total. The van der Waals surface area contributed by atoms with Crippen molar-refractivity contribution in [2.75, 3.05) is 24.2 Å². The molecule has 1 heterocycles. The van der Waals surface area contributed by atoms with Gasteiger partial charge in [-0.25, -0.2) is 8.42 Å². The van der Waals surface area contributed by atoms with E-state index in [0.717, 1.165) is 23.1 Å². The second-order valence-electron chi connectivity index (χ2n) is 6.88. The molecular formula is C20H24N2O5S. The van der Waals surface area contributed by atoms with E-state index in [9.17, 15) is 13.2 Å². The van der Waals surface area contributed by atoms with E-state index in [4.69, 9.17) is 9.47 Å². The number of rotatable bonds is 5. The average molecular weight is 404 g/mol. The van der Waals surface area contributed by atoms with Gasteiger partial charge >= 0.3 is 0 Å². The van der Waals surface area contributed by atoms with E-state index >= 15 is 0 Å². The van der Waals surface area contributed by atoms with Gasteiger partial charge < -0.3 is 14.8 Å². The number of carbonyl (C=O) groups excluding carboxylic acids is 1. The van der Waals surface area contributed by atoms with Crippen LogP contribution in [-0.2, 0) is 14.8 Å². The number of nitrogens with zero attached hydrogens (tertiary/aromatic N) is 1. The van der Waals surface area contributed by atoms with Crippen molar-refractivity contribution < 1.29 is 22.7 Å². The van der Waals surface area contributed by atoms with Crippen LogP contribution in [0.1, 0.15) is 24.1 Å². The number of fused-ring (bicyclic) bond motifs is 1. The Balaban J connectivity index is 1.79. The Morgan fingerprint density at radius 3 is 2.54 bits per heavy atom. The van der Waals surface area contributed by atoms with Gasteiger partial charge in [-0.1, -0.05) is 18.2 Å². The van der Waals surface area contributed by atoms with Gasteiger partial charge in [0.05, 0.1) is 31.6 Å². The predicted molar refractivity (Wildman–Crippen MR) is 107 cm³/mol. The van der Waals surface area contributed by atoms with E-state index in [1.165, 1.54) is 4.31 Å². The summed E-state index contributed by atoms with van der Waals surface area (Å²) >= 11 is 0. The molecule has 0 fully saturated rings. The van der Waals surface area contributed by atoms with Crippen LogP contribution in [0.5, 0.6) is 11.5 Å². The van der Waals surface area contributed by atoms with Crippen LogP contribution in [0.4, 0.5) is 5.69 Å². The number of ether oxygens (including phenoxy) is 2. The molecule has 28 heavy (non-hydrogen) atoms. The highest BCUT2D eigenvalue weighted by Crippen LogP contribution is 2.35. The molecule has 0 aliphatic carbocycles. The summed E-state index contributed by atoms with van der Waals surface area (Å²) in [6, 6.07) is 12.4. The van der Waals surface area contributed by atoms with Crippen LogP contribution < -0.4 is 19.1 Å². The number of methoxy groups -OCH3 is 1. The summed E-state index contributed by atoms with van der Waals surface area (Å²) in [5, 5.41) is 2.89. The van der Waals surface area contributed by atoms with E-state index in [0.29, 0.717) is 11.4 Å². The minimum absolute atomic E-state index is 0.0730. The molecule has 2 unspecified atom stereocenters. The van der Waals surface area contributed by atoms with Crippen molar-refractivity contribution in [3.8, 4) is 11.5 Å². The van der Waals surface area contributed by atoms with E-state index in [-0.39, 0.29) is 18.5 Å². The Bertz CT molecular complexity index is 973. The smallest absolute Gasteiger partial charge is 0.263 e. The number of hydrogen-bond acceptors (Lipinski definition) is 5. The SMILES string of the molecule is COc1ccc(C(C)NC(=O)C2CN(S(C)(=O)=O)c3cc(C)ccc3O2)cc1. The van der Waals surface area contributed by atoms with E-state index in [1.54, 1.807) is 19.2 Å². The molecule has 0 radical (unpaired) electrons. The van der Waals surface area contributed by atoms with Crippen molar-refractivity contribution in [1.29, 1.82) is 0 Å². The summed E-state index contributed by atoms with van der Waals surface area (Å²) < 4.78 is 36.7. The molecule has 0 saturated carbocycles. The normalized spacial score (nSPS) is 17.3. The maximum absolute atomic E-state index is 12.8. The zero-order valence-electron chi connectivity index (χ0n) is 16.3. The van der Waals surface area contributed by atoms with Gasteiger partial charge in [0.15, 0.2) is 6.10 Å². The molecule has 0 bridgehead atoms. The summed E-state index contributed by atoms with van der Waals surface area (Å²) in [4.78, 5) is 12.8. The number of hydrogen-bond donors (Lipinski definition) is 1. The van der Waals surface area contributed by atoms with Gasteiger partial charge in [0.25, 0.3) is 5.91 Å². The summed E-state index contributed by atoms with van der Waals surface area (Å²) in [6.07, 6.45) is 0.185. The number of nitrogens with one attached hydrogen (secondary N) is 1. The van der Waals surface area contributed by atoms with Gasteiger partial charge in [0, 0.05) is 0 Å². The topological polar surface area (TPSA) is 84.9 Å². The summed E-state index contributed by atoms with van der Waals surface area (Å²) in [7, 11) is -1.96. The van der Waals surface area contributed by atoms with Crippen LogP contribution in [0.25, 0.3) is 0 Å². The lowest BCUT2D eigenvalue weighted by Crippen LogP contribution is -2.50. The molecule has 2 aromatic carbocycles. The lowest BCUT2D eigenvalue weighted by atomic mass is 10.1. The third-order valence-corrected chi connectivity index (χ3v) is 5.80. The monoisotopic (exact) mass is 404 g/mol. The first kappa shape index (κ1) is 20.0. The van der Waals surface area contributed by atoms with E-state index < -0.39 is 16.1 Å². The molecule has 0 aromatic heterocycles. The van der Waals surface area contributed by atoms with Crippen molar-refractivity contribution in [3.05, 3.63) is 53.6 Å². The maximum atomic E-state index is 12.8. The highest BCUT2D eigenvalue weighted by Gasteiger charge is 2.35. The van der Waals surface area contributed by atoms with Crippen LogP contribution in [0.2, 0.25) is 0 Å². The van der Waals surface area contributed by atoms with Gasteiger partial charge in [-0.2, -0.15) is 0 Å². The molecule has 2 atom stereocenters. The third kappa shape index (κ3) is 4.22. The number of sulfonamides is 1. The Kier molecular flexibility index (Phi) is 5.51. The molecule has 0 saturated heterocycles. The van der Waals surface area contributed by atoms with Crippen molar-refractivity contribution in [2.24, 2.45) is 0 Å². The molecule has 2 aromatic rings. The maximum Gasteiger partial charge on any atom is 0.263 e. The van der Waals surface area contributed by atoms with Gasteiger partial charge in [0.2, 0.25) is 10.0 Å². The number of carbonyl (C=O) groups is 1. The van der Waals surface area contributed by atoms with E-state index in [1.807, 2.05) is 44.2 Å². The fourth-order valence-corrected chi connectivity index (χ4v) is 4.00. The minimum atomic E-state index is -3.55. The average Bonchev–Trinajstić information content (AvgIpc) is 2.66. The third-order valence-electron chi connectivity index (χ3n) is 4.65. The first-order valence-electron chi connectivity index (χ1n) is 8.88. The second kappa shape index (κ2) is 7.71. The van der Waals surface area contributed by atoms with Gasteiger partial charge in [-0.15, -0.1) is 0 Å². The van der Waals surface area contributed by atoms with Crippen molar-refractivity contribution >= 4 is 21.6 Å². The van der Waals surface area contributed by atoms with Gasteiger partial charge in [0.1, 0.15) is 11.5 Å². The Hall–Kier alpha value is -2.74. The van der Waals surface area contributed by atoms with Crippen LogP contribution in [0, 0.1) is 6.92 Å². The number of benzene rings is 2. The Morgan fingerprint density at radius 2 is 1.93 bits per heavy atom. The lowest BCUT2D eigenvalue weighted by Gasteiger charge is -2.34. The summed E-state index contributed by atoms with van der Waals surface area (Å²) in [5.74, 6) is 0.733. The molecule has 7 nitrogen and oxygen atoms in total. The Labute approximate surface area is 165 Å². The van der Waals surface area contributed by atoms with Crippen LogP contribution in [-0.4, -0.2) is 40.3 Å². The number of anilines is 1. The van der Waals surface area contributed by atoms with Crippen LogP contribution in [0.15, 0.2) is 42.5 Å². The van der Waals surface area contributed by atoms with Crippen molar-refractivity contribution in [2.45, 2.75) is 26.0 Å². The largest absolute Gasteiger partial charge is 0.497 e. The van der Waals surface area contributed by atoms with Crippen molar-refractivity contribution in [3.63, 3.8) is 0 Å². The van der Waals surface area contributed by atoms with Crippen LogP contribution in [0.3, 0.4) is 0 Å². The first-order chi connectivity index (χ1) is 13.2. The zero-order chi connectivity index (χ0) is 20.5. The fraction of sp³-hybridized carbons (Fsp3) is 0.350. The van der Waals surface area contributed by atoms with Gasteiger partial charge in [-0.05, 0) is 49.2 Å². The molecule has 3 rings (SSSR count). The summed E-state index contributed by atoms with van der Waals surface area (Å²) in [5.41, 5.74) is 2.27. The molecule has 1 aliphatic rings. The fourth-order valence-electron chi connectivity index (χ4n) is 3.09. The molecule has 0 spiro atoms. The van der Waals surface area contributed by atoms with Crippen molar-refractivity contribution in [1.82, 2.24) is 5.32 Å². The molecular weight excluding hydrogens is 380 g/mol. The minimum Gasteiger partial charge on any atom is -0.497 e. The molecule has 150 valence electrons. The van der Waals surface area contributed by atoms with Gasteiger partial charge in [-0.3, -0.25) is 9.10 Å². The second-order valence-corrected chi connectivity index (χ2v) is 8.78. The number of aryl methyl sites for hydroxylation is 1. The zero-order valence-corrected chi connectivity index (χ0v) is 17.1.